The Kier molecular flexibility index (Phi) is 9.28. The van der Waals surface area contributed by atoms with Crippen LogP contribution < -0.4 is 4.74 Å². The van der Waals surface area contributed by atoms with Crippen LogP contribution in [-0.2, 0) is 13.1 Å². The molecule has 3 aromatic carbocycles. The van der Waals surface area contributed by atoms with Gasteiger partial charge in [0.15, 0.2) is 5.75 Å². The van der Waals surface area contributed by atoms with Crippen molar-refractivity contribution in [3.63, 3.8) is 0 Å². The van der Waals surface area contributed by atoms with Crippen molar-refractivity contribution in [3.05, 3.63) is 106 Å². The van der Waals surface area contributed by atoms with Gasteiger partial charge in [-0.25, -0.2) is 0 Å². The van der Waals surface area contributed by atoms with Gasteiger partial charge < -0.3 is 9.84 Å². The van der Waals surface area contributed by atoms with Crippen LogP contribution in [0.15, 0.2) is 84.9 Å². The van der Waals surface area contributed by atoms with Gasteiger partial charge in [-0.1, -0.05) is 72.8 Å². The molecule has 0 saturated heterocycles. The van der Waals surface area contributed by atoms with Crippen LogP contribution in [0.1, 0.15) is 11.1 Å². The number of aliphatic hydroxyl groups is 1. The van der Waals surface area contributed by atoms with Crippen LogP contribution in [0.25, 0.3) is 0 Å². The molecule has 0 spiro atoms. The lowest BCUT2D eigenvalue weighted by Crippen LogP contribution is -2.35. The maximum absolute atomic E-state index is 11.1. The fourth-order valence-electron chi connectivity index (χ4n) is 3.14. The summed E-state index contributed by atoms with van der Waals surface area (Å²) < 4.78 is 5.54. The Morgan fingerprint density at radius 3 is 1.90 bits per heavy atom. The van der Waals surface area contributed by atoms with Crippen LogP contribution in [0.4, 0.5) is 5.69 Å². The third-order valence-electron chi connectivity index (χ3n) is 4.46. The lowest BCUT2D eigenvalue weighted by atomic mass is 10.1. The van der Waals surface area contributed by atoms with E-state index in [1.165, 1.54) is 12.1 Å². The number of aliphatic hydroxyl groups excluding tert-OH is 1. The molecular weight excluding hydrogens is 404 g/mol. The van der Waals surface area contributed by atoms with Crippen LogP contribution in [0, 0.1) is 10.1 Å². The highest BCUT2D eigenvalue weighted by Gasteiger charge is 2.17. The summed E-state index contributed by atoms with van der Waals surface area (Å²) in [4.78, 5) is 12.8. The van der Waals surface area contributed by atoms with E-state index in [2.05, 4.69) is 4.90 Å². The highest BCUT2D eigenvalue weighted by Crippen LogP contribution is 2.25. The summed E-state index contributed by atoms with van der Waals surface area (Å²) in [6, 6.07) is 26.3. The summed E-state index contributed by atoms with van der Waals surface area (Å²) in [5, 5.41) is 21.6. The summed E-state index contributed by atoms with van der Waals surface area (Å²) in [7, 11) is 0. The maximum Gasteiger partial charge on any atom is 0.310 e. The Morgan fingerprint density at radius 1 is 0.867 bits per heavy atom. The van der Waals surface area contributed by atoms with Gasteiger partial charge in [-0.2, -0.15) is 0 Å². The number of hydrogen-bond donors (Lipinski definition) is 1. The van der Waals surface area contributed by atoms with Crippen LogP contribution in [0.5, 0.6) is 5.75 Å². The number of nitrogens with zero attached hydrogens (tertiary/aromatic N) is 2. The molecule has 3 rings (SSSR count). The molecule has 1 atom stereocenters. The number of rotatable bonds is 10. The number of nitro benzene ring substituents is 1. The summed E-state index contributed by atoms with van der Waals surface area (Å²) in [5.74, 6) is 0.161. The number of halogens is 1. The molecular formula is C23H25ClN2O4. The summed E-state index contributed by atoms with van der Waals surface area (Å²) in [6.07, 6.45) is -0.790. The van der Waals surface area contributed by atoms with E-state index in [1.54, 1.807) is 12.1 Å². The van der Waals surface area contributed by atoms with Crippen LogP contribution >= 0.6 is 12.4 Å². The molecule has 6 nitrogen and oxygen atoms in total. The minimum Gasteiger partial charge on any atom is -0.484 e. The molecule has 0 radical (unpaired) electrons. The highest BCUT2D eigenvalue weighted by molar-refractivity contribution is 5.85. The fourth-order valence-corrected chi connectivity index (χ4v) is 3.14. The zero-order valence-corrected chi connectivity index (χ0v) is 17.3. The van der Waals surface area contributed by atoms with E-state index in [1.807, 2.05) is 60.7 Å². The van der Waals surface area contributed by atoms with Gasteiger partial charge in [0.25, 0.3) is 0 Å². The molecule has 0 aliphatic heterocycles. The molecule has 0 aliphatic rings. The first-order valence-electron chi connectivity index (χ1n) is 9.46. The molecule has 158 valence electrons. The monoisotopic (exact) mass is 428 g/mol. The van der Waals surface area contributed by atoms with E-state index in [0.29, 0.717) is 19.6 Å². The summed E-state index contributed by atoms with van der Waals surface area (Å²) in [6.45, 7) is 1.71. The van der Waals surface area contributed by atoms with Crippen molar-refractivity contribution in [2.75, 3.05) is 13.2 Å². The zero-order chi connectivity index (χ0) is 20.5. The molecule has 1 unspecified atom stereocenters. The largest absolute Gasteiger partial charge is 0.484 e. The van der Waals surface area contributed by atoms with Gasteiger partial charge in [-0.15, -0.1) is 12.4 Å². The molecule has 0 aromatic heterocycles. The lowest BCUT2D eigenvalue weighted by molar-refractivity contribution is -0.385. The first kappa shape index (κ1) is 23.3. The number of ether oxygens (including phenoxy) is 1. The molecule has 0 amide bonds. The second-order valence-electron chi connectivity index (χ2n) is 6.83. The van der Waals surface area contributed by atoms with Crippen molar-refractivity contribution in [1.82, 2.24) is 4.90 Å². The standard InChI is InChI=1S/C23H24N2O4.ClH/c26-21(18-29-23-14-8-7-13-22(23)25(27)28)17-24(15-19-9-3-1-4-10-19)16-20-11-5-2-6-12-20;/h1-14,21,26H,15-18H2;1H. The molecule has 0 aliphatic carbocycles. The Labute approximate surface area is 182 Å². The Bertz CT molecular complexity index is 868. The summed E-state index contributed by atoms with van der Waals surface area (Å²) >= 11 is 0. The third-order valence-corrected chi connectivity index (χ3v) is 4.46. The topological polar surface area (TPSA) is 75.8 Å². The number of benzene rings is 3. The third kappa shape index (κ3) is 7.15. The Morgan fingerprint density at radius 2 is 1.37 bits per heavy atom. The normalized spacial score (nSPS) is 11.5. The first-order valence-corrected chi connectivity index (χ1v) is 9.46. The van der Waals surface area contributed by atoms with Gasteiger partial charge in [0, 0.05) is 25.7 Å². The average molecular weight is 429 g/mol. The lowest BCUT2D eigenvalue weighted by Gasteiger charge is -2.25. The second kappa shape index (κ2) is 11.9. The van der Waals surface area contributed by atoms with E-state index < -0.39 is 11.0 Å². The average Bonchev–Trinajstić information content (AvgIpc) is 2.74. The first-order chi connectivity index (χ1) is 14.1. The molecule has 0 bridgehead atoms. The van der Waals surface area contributed by atoms with Crippen molar-refractivity contribution in [1.29, 1.82) is 0 Å². The molecule has 7 heteroatoms. The van der Waals surface area contributed by atoms with E-state index in [-0.39, 0.29) is 30.5 Å². The van der Waals surface area contributed by atoms with Crippen molar-refractivity contribution in [2.24, 2.45) is 0 Å². The maximum atomic E-state index is 11.1. The number of nitro groups is 1. The van der Waals surface area contributed by atoms with Crippen LogP contribution in [0.2, 0.25) is 0 Å². The molecule has 3 aromatic rings. The minimum atomic E-state index is -0.790. The van der Waals surface area contributed by atoms with Gasteiger partial charge in [0.1, 0.15) is 12.7 Å². The van der Waals surface area contributed by atoms with Gasteiger partial charge in [-0.05, 0) is 17.2 Å². The molecule has 0 heterocycles. The van der Waals surface area contributed by atoms with Crippen molar-refractivity contribution >= 4 is 18.1 Å². The predicted octanol–water partition coefficient (Wildman–Crippen LogP) is 4.46. The molecule has 0 fully saturated rings. The molecule has 1 N–H and O–H groups in total. The van der Waals surface area contributed by atoms with Crippen LogP contribution in [0.3, 0.4) is 0 Å². The Hall–Kier alpha value is -2.93. The van der Waals surface area contributed by atoms with Gasteiger partial charge in [0.2, 0.25) is 0 Å². The number of para-hydroxylation sites is 2. The van der Waals surface area contributed by atoms with Crippen molar-refractivity contribution in [3.8, 4) is 5.75 Å². The zero-order valence-electron chi connectivity index (χ0n) is 16.5. The van der Waals surface area contributed by atoms with E-state index in [4.69, 9.17) is 4.74 Å². The van der Waals surface area contributed by atoms with Gasteiger partial charge >= 0.3 is 5.69 Å². The van der Waals surface area contributed by atoms with Crippen molar-refractivity contribution < 1.29 is 14.8 Å². The number of hydrogen-bond acceptors (Lipinski definition) is 5. The SMILES string of the molecule is Cl.O=[N+]([O-])c1ccccc1OCC(O)CN(Cc1ccccc1)Cc1ccccc1. The Balaban J connectivity index is 0.00000320. The van der Waals surface area contributed by atoms with E-state index >= 15 is 0 Å². The van der Waals surface area contributed by atoms with Crippen molar-refractivity contribution in [2.45, 2.75) is 19.2 Å². The van der Waals surface area contributed by atoms with Gasteiger partial charge in [0.05, 0.1) is 4.92 Å². The van der Waals surface area contributed by atoms with Crippen LogP contribution in [-0.4, -0.2) is 34.2 Å². The predicted molar refractivity (Wildman–Crippen MR) is 119 cm³/mol. The van der Waals surface area contributed by atoms with E-state index in [0.717, 1.165) is 11.1 Å². The molecule has 0 saturated carbocycles. The summed E-state index contributed by atoms with van der Waals surface area (Å²) in [5.41, 5.74) is 2.19. The second-order valence-corrected chi connectivity index (χ2v) is 6.83. The van der Waals surface area contributed by atoms with Gasteiger partial charge in [-0.3, -0.25) is 15.0 Å². The quantitative estimate of drug-likeness (QED) is 0.381. The molecule has 30 heavy (non-hydrogen) atoms. The minimum absolute atomic E-state index is 0. The highest BCUT2D eigenvalue weighted by atomic mass is 35.5. The smallest absolute Gasteiger partial charge is 0.310 e. The fraction of sp³-hybridized carbons (Fsp3) is 0.217. The van der Waals surface area contributed by atoms with E-state index in [9.17, 15) is 15.2 Å².